The minimum atomic E-state index is 0.461. The van der Waals surface area contributed by atoms with E-state index < -0.39 is 0 Å². The topological polar surface area (TPSA) is 12.0 Å². The molecular formula is C13H18ClN. The summed E-state index contributed by atoms with van der Waals surface area (Å²) in [6.45, 7) is 8.96. The van der Waals surface area contributed by atoms with E-state index in [1.165, 1.54) is 5.56 Å². The van der Waals surface area contributed by atoms with Crippen molar-refractivity contribution in [3.05, 3.63) is 47.0 Å². The highest BCUT2D eigenvalue weighted by Crippen LogP contribution is 2.10. The van der Waals surface area contributed by atoms with Crippen molar-refractivity contribution < 1.29 is 0 Å². The van der Waals surface area contributed by atoms with Crippen molar-refractivity contribution in [3.63, 3.8) is 0 Å². The fraction of sp³-hybridized carbons (Fsp3) is 0.385. The number of hydrogen-bond donors (Lipinski definition) is 1. The van der Waals surface area contributed by atoms with Crippen LogP contribution in [0.5, 0.6) is 0 Å². The van der Waals surface area contributed by atoms with Crippen molar-refractivity contribution in [3.8, 4) is 0 Å². The van der Waals surface area contributed by atoms with E-state index in [0.717, 1.165) is 23.6 Å². The van der Waals surface area contributed by atoms with Gasteiger partial charge in [-0.05, 0) is 38.0 Å². The Hall–Kier alpha value is -0.790. The molecular weight excluding hydrogens is 206 g/mol. The van der Waals surface area contributed by atoms with Crippen molar-refractivity contribution in [2.45, 2.75) is 26.3 Å². The van der Waals surface area contributed by atoms with E-state index in [9.17, 15) is 0 Å². The van der Waals surface area contributed by atoms with Crippen LogP contribution < -0.4 is 5.32 Å². The fourth-order valence-corrected chi connectivity index (χ4v) is 1.52. The number of hydrogen-bond acceptors (Lipinski definition) is 1. The van der Waals surface area contributed by atoms with Gasteiger partial charge < -0.3 is 5.32 Å². The molecule has 1 atom stereocenters. The molecule has 0 aliphatic heterocycles. The molecule has 0 heterocycles. The summed E-state index contributed by atoms with van der Waals surface area (Å²) in [5, 5.41) is 4.21. The summed E-state index contributed by atoms with van der Waals surface area (Å²) in [6, 6.07) is 8.47. The SMILES string of the molecule is C=C(C)CNC(C)Cc1ccc(Cl)cc1. The van der Waals surface area contributed by atoms with Gasteiger partial charge in [-0.15, -0.1) is 0 Å². The summed E-state index contributed by atoms with van der Waals surface area (Å²) in [4.78, 5) is 0. The predicted molar refractivity (Wildman–Crippen MR) is 67.4 cm³/mol. The standard InChI is InChI=1S/C13H18ClN/c1-10(2)9-15-11(3)8-12-4-6-13(14)7-5-12/h4-7,11,15H,1,8-9H2,2-3H3. The summed E-state index contributed by atoms with van der Waals surface area (Å²) in [6.07, 6.45) is 1.02. The third-order valence-corrected chi connectivity index (χ3v) is 2.46. The smallest absolute Gasteiger partial charge is 0.0406 e. The second-order valence-electron chi connectivity index (χ2n) is 4.07. The molecule has 0 bridgehead atoms. The first-order valence-electron chi connectivity index (χ1n) is 5.20. The Labute approximate surface area is 97.1 Å². The van der Waals surface area contributed by atoms with Crippen LogP contribution in [-0.2, 0) is 6.42 Å². The highest BCUT2D eigenvalue weighted by molar-refractivity contribution is 6.30. The van der Waals surface area contributed by atoms with Crippen LogP contribution in [0.25, 0.3) is 0 Å². The quantitative estimate of drug-likeness (QED) is 0.755. The minimum absolute atomic E-state index is 0.461. The molecule has 15 heavy (non-hydrogen) atoms. The van der Waals surface area contributed by atoms with Gasteiger partial charge in [0.25, 0.3) is 0 Å². The molecule has 1 N–H and O–H groups in total. The zero-order valence-corrected chi connectivity index (χ0v) is 10.1. The van der Waals surface area contributed by atoms with E-state index >= 15 is 0 Å². The normalized spacial score (nSPS) is 12.5. The van der Waals surface area contributed by atoms with Crippen molar-refractivity contribution >= 4 is 11.6 Å². The van der Waals surface area contributed by atoms with Gasteiger partial charge in [-0.25, -0.2) is 0 Å². The first-order chi connectivity index (χ1) is 7.08. The summed E-state index contributed by atoms with van der Waals surface area (Å²) >= 11 is 5.82. The second kappa shape index (κ2) is 5.94. The van der Waals surface area contributed by atoms with Crippen LogP contribution in [0.15, 0.2) is 36.4 Å². The molecule has 0 saturated carbocycles. The number of halogens is 1. The Kier molecular flexibility index (Phi) is 4.86. The molecule has 1 aromatic rings. The first kappa shape index (κ1) is 12.3. The van der Waals surface area contributed by atoms with Gasteiger partial charge in [0.15, 0.2) is 0 Å². The van der Waals surface area contributed by atoms with Gasteiger partial charge in [-0.3, -0.25) is 0 Å². The molecule has 1 nitrogen and oxygen atoms in total. The van der Waals surface area contributed by atoms with Gasteiger partial charge in [0.2, 0.25) is 0 Å². The molecule has 0 aliphatic carbocycles. The van der Waals surface area contributed by atoms with Crippen molar-refractivity contribution in [1.82, 2.24) is 5.32 Å². The number of benzene rings is 1. The van der Waals surface area contributed by atoms with Gasteiger partial charge in [-0.1, -0.05) is 35.9 Å². The summed E-state index contributed by atoms with van der Waals surface area (Å²) in [7, 11) is 0. The minimum Gasteiger partial charge on any atom is -0.310 e. The van der Waals surface area contributed by atoms with E-state index in [-0.39, 0.29) is 0 Å². The summed E-state index contributed by atoms with van der Waals surface area (Å²) < 4.78 is 0. The Morgan fingerprint density at radius 2 is 2.00 bits per heavy atom. The molecule has 0 amide bonds. The predicted octanol–water partition coefficient (Wildman–Crippen LogP) is 3.44. The van der Waals surface area contributed by atoms with Crippen LogP contribution in [-0.4, -0.2) is 12.6 Å². The molecule has 1 unspecified atom stereocenters. The second-order valence-corrected chi connectivity index (χ2v) is 4.51. The maximum Gasteiger partial charge on any atom is 0.0406 e. The van der Waals surface area contributed by atoms with Gasteiger partial charge >= 0.3 is 0 Å². The zero-order valence-electron chi connectivity index (χ0n) is 9.39. The Morgan fingerprint density at radius 1 is 1.40 bits per heavy atom. The third kappa shape index (κ3) is 5.01. The van der Waals surface area contributed by atoms with Crippen LogP contribution in [0.1, 0.15) is 19.4 Å². The average Bonchev–Trinajstić information content (AvgIpc) is 2.19. The van der Waals surface area contributed by atoms with Crippen molar-refractivity contribution in [2.24, 2.45) is 0 Å². The molecule has 2 heteroatoms. The number of nitrogens with one attached hydrogen (secondary N) is 1. The Balaban J connectivity index is 2.40. The fourth-order valence-electron chi connectivity index (χ4n) is 1.39. The van der Waals surface area contributed by atoms with E-state index in [2.05, 4.69) is 31.0 Å². The lowest BCUT2D eigenvalue weighted by molar-refractivity contribution is 0.573. The average molecular weight is 224 g/mol. The Bertz CT molecular complexity index is 316. The largest absolute Gasteiger partial charge is 0.310 e. The van der Waals surface area contributed by atoms with E-state index in [1.54, 1.807) is 0 Å². The van der Waals surface area contributed by atoms with E-state index in [1.807, 2.05) is 19.1 Å². The molecule has 0 saturated heterocycles. The molecule has 1 aromatic carbocycles. The maximum absolute atomic E-state index is 5.82. The highest BCUT2D eigenvalue weighted by Gasteiger charge is 2.02. The van der Waals surface area contributed by atoms with E-state index in [4.69, 9.17) is 11.6 Å². The van der Waals surface area contributed by atoms with Crippen LogP contribution in [0.2, 0.25) is 5.02 Å². The Morgan fingerprint density at radius 3 is 2.53 bits per heavy atom. The van der Waals surface area contributed by atoms with Crippen molar-refractivity contribution in [2.75, 3.05) is 6.54 Å². The lowest BCUT2D eigenvalue weighted by atomic mass is 10.1. The highest BCUT2D eigenvalue weighted by atomic mass is 35.5. The van der Waals surface area contributed by atoms with Gasteiger partial charge in [0.05, 0.1) is 0 Å². The molecule has 1 rings (SSSR count). The molecule has 0 aromatic heterocycles. The number of rotatable bonds is 5. The van der Waals surface area contributed by atoms with Crippen LogP contribution in [0.3, 0.4) is 0 Å². The maximum atomic E-state index is 5.82. The monoisotopic (exact) mass is 223 g/mol. The molecule has 0 radical (unpaired) electrons. The van der Waals surface area contributed by atoms with Gasteiger partial charge in [0.1, 0.15) is 0 Å². The van der Waals surface area contributed by atoms with Gasteiger partial charge in [-0.2, -0.15) is 0 Å². The summed E-state index contributed by atoms with van der Waals surface area (Å²) in [5.41, 5.74) is 2.47. The lowest BCUT2D eigenvalue weighted by Crippen LogP contribution is -2.29. The lowest BCUT2D eigenvalue weighted by Gasteiger charge is -2.13. The summed E-state index contributed by atoms with van der Waals surface area (Å²) in [5.74, 6) is 0. The first-order valence-corrected chi connectivity index (χ1v) is 5.58. The molecule has 0 aliphatic rings. The van der Waals surface area contributed by atoms with Crippen LogP contribution >= 0.6 is 11.6 Å². The van der Waals surface area contributed by atoms with Gasteiger partial charge in [0, 0.05) is 17.6 Å². The van der Waals surface area contributed by atoms with Crippen LogP contribution in [0.4, 0.5) is 0 Å². The van der Waals surface area contributed by atoms with E-state index in [0.29, 0.717) is 6.04 Å². The zero-order chi connectivity index (χ0) is 11.3. The molecule has 0 fully saturated rings. The molecule has 0 spiro atoms. The van der Waals surface area contributed by atoms with Crippen LogP contribution in [0, 0.1) is 0 Å². The van der Waals surface area contributed by atoms with Crippen molar-refractivity contribution in [1.29, 1.82) is 0 Å². The molecule has 82 valence electrons. The third-order valence-electron chi connectivity index (χ3n) is 2.21.